The average Bonchev–Trinajstić information content (AvgIpc) is 2.99. The number of aromatic nitrogens is 3. The zero-order chi connectivity index (χ0) is 19.6. The van der Waals surface area contributed by atoms with Gasteiger partial charge in [-0.15, -0.1) is 0 Å². The van der Waals surface area contributed by atoms with Gasteiger partial charge in [0.05, 0.1) is 10.7 Å². The van der Waals surface area contributed by atoms with Crippen molar-refractivity contribution in [3.63, 3.8) is 0 Å². The molecule has 1 aromatic carbocycles. The Balaban J connectivity index is 2.29. The summed E-state index contributed by atoms with van der Waals surface area (Å²) in [5, 5.41) is 1.17. The molecule has 0 atom stereocenters. The molecule has 0 saturated heterocycles. The van der Waals surface area contributed by atoms with Crippen LogP contribution in [-0.4, -0.2) is 27.5 Å². The summed E-state index contributed by atoms with van der Waals surface area (Å²) < 4.78 is 2.88. The third kappa shape index (κ3) is 4.10. The van der Waals surface area contributed by atoms with Crippen LogP contribution < -0.4 is 4.90 Å². The predicted octanol–water partition coefficient (Wildman–Crippen LogP) is 6.65. The van der Waals surface area contributed by atoms with Gasteiger partial charge in [-0.3, -0.25) is 4.40 Å². The summed E-state index contributed by atoms with van der Waals surface area (Å²) in [5.74, 6) is 1.14. The Morgan fingerprint density at radius 1 is 1.07 bits per heavy atom. The van der Waals surface area contributed by atoms with E-state index in [1.54, 1.807) is 6.07 Å². The van der Waals surface area contributed by atoms with Gasteiger partial charge < -0.3 is 4.90 Å². The van der Waals surface area contributed by atoms with Crippen molar-refractivity contribution >= 4 is 50.6 Å². The van der Waals surface area contributed by atoms with Gasteiger partial charge in [-0.2, -0.15) is 0 Å². The van der Waals surface area contributed by atoms with Crippen LogP contribution in [0.25, 0.3) is 16.9 Å². The summed E-state index contributed by atoms with van der Waals surface area (Å²) in [6.45, 7) is 8.53. The van der Waals surface area contributed by atoms with Crippen LogP contribution in [0.15, 0.2) is 29.0 Å². The maximum absolute atomic E-state index is 6.47. The largest absolute Gasteiger partial charge is 0.356 e. The van der Waals surface area contributed by atoms with Crippen LogP contribution in [0.4, 0.5) is 5.82 Å². The summed E-state index contributed by atoms with van der Waals surface area (Å²) in [7, 11) is 0. The molecule has 0 amide bonds. The highest BCUT2D eigenvalue weighted by molar-refractivity contribution is 9.10. The fraction of sp³-hybridized carbons (Fsp3) is 0.400. The molecule has 2 heterocycles. The number of anilines is 1. The lowest BCUT2D eigenvalue weighted by Gasteiger charge is -2.24. The van der Waals surface area contributed by atoms with E-state index in [2.05, 4.69) is 51.0 Å². The highest BCUT2D eigenvalue weighted by Crippen LogP contribution is 2.35. The summed E-state index contributed by atoms with van der Waals surface area (Å²) in [6, 6.07) is 5.46. The Hall–Kier alpha value is -1.30. The van der Waals surface area contributed by atoms with Gasteiger partial charge in [0.25, 0.3) is 0 Å². The standard InChI is InChI=1S/C20H23BrCl2N4/c1-4-9-26(10-5-2)20-16(6-3)24-19-18(25-17(21)12-27(19)20)14-8-7-13(22)11-15(14)23/h7-8,11-12H,4-6,9-10H2,1-3H3. The molecule has 4 nitrogen and oxygen atoms in total. The monoisotopic (exact) mass is 468 g/mol. The number of rotatable bonds is 7. The first-order chi connectivity index (χ1) is 13.0. The molecular formula is C20H23BrCl2N4. The lowest BCUT2D eigenvalue weighted by atomic mass is 10.1. The molecule has 0 aliphatic carbocycles. The number of halogens is 3. The number of imidazole rings is 1. The van der Waals surface area contributed by atoms with E-state index in [-0.39, 0.29) is 0 Å². The van der Waals surface area contributed by atoms with Crippen LogP contribution in [0.3, 0.4) is 0 Å². The van der Waals surface area contributed by atoms with Crippen molar-refractivity contribution in [1.29, 1.82) is 0 Å². The van der Waals surface area contributed by atoms with E-state index in [0.717, 1.165) is 65.4 Å². The molecule has 0 fully saturated rings. The Kier molecular flexibility index (Phi) is 6.66. The summed E-state index contributed by atoms with van der Waals surface area (Å²) in [4.78, 5) is 12.0. The predicted molar refractivity (Wildman–Crippen MR) is 118 cm³/mol. The molecule has 0 unspecified atom stereocenters. The third-order valence-electron chi connectivity index (χ3n) is 4.43. The van der Waals surface area contributed by atoms with Crippen molar-refractivity contribution in [2.45, 2.75) is 40.0 Å². The van der Waals surface area contributed by atoms with Crippen molar-refractivity contribution in [1.82, 2.24) is 14.4 Å². The molecule has 3 aromatic rings. The van der Waals surface area contributed by atoms with Crippen LogP contribution in [0.5, 0.6) is 0 Å². The molecule has 144 valence electrons. The van der Waals surface area contributed by atoms with Gasteiger partial charge in [-0.05, 0) is 53.4 Å². The highest BCUT2D eigenvalue weighted by Gasteiger charge is 2.21. The summed E-state index contributed by atoms with van der Waals surface area (Å²) in [5.41, 5.74) is 3.46. The quantitative estimate of drug-likeness (QED) is 0.388. The minimum absolute atomic E-state index is 0.566. The zero-order valence-electron chi connectivity index (χ0n) is 15.8. The second kappa shape index (κ2) is 8.80. The van der Waals surface area contributed by atoms with Crippen molar-refractivity contribution in [3.05, 3.63) is 44.7 Å². The molecule has 2 aromatic heterocycles. The molecule has 0 spiro atoms. The number of hydrogen-bond acceptors (Lipinski definition) is 3. The van der Waals surface area contributed by atoms with Gasteiger partial charge in [-0.1, -0.05) is 44.0 Å². The molecule has 0 aliphatic heterocycles. The lowest BCUT2D eigenvalue weighted by Crippen LogP contribution is -2.27. The Morgan fingerprint density at radius 2 is 1.78 bits per heavy atom. The third-order valence-corrected chi connectivity index (χ3v) is 5.36. The van der Waals surface area contributed by atoms with E-state index >= 15 is 0 Å². The first-order valence-corrected chi connectivity index (χ1v) is 10.8. The normalized spacial score (nSPS) is 11.3. The van der Waals surface area contributed by atoms with Crippen LogP contribution in [0.1, 0.15) is 39.3 Å². The number of nitrogens with zero attached hydrogens (tertiary/aromatic N) is 4. The lowest BCUT2D eigenvalue weighted by molar-refractivity contribution is 0.725. The maximum atomic E-state index is 6.47. The average molecular weight is 470 g/mol. The van der Waals surface area contributed by atoms with Crippen LogP contribution in [0, 0.1) is 0 Å². The van der Waals surface area contributed by atoms with E-state index < -0.39 is 0 Å². The molecule has 0 radical (unpaired) electrons. The fourth-order valence-corrected chi connectivity index (χ4v) is 4.23. The van der Waals surface area contributed by atoms with Gasteiger partial charge in [0.1, 0.15) is 16.1 Å². The SMILES string of the molecule is CCCN(CCC)c1c(CC)nc2c(-c3ccc(Cl)cc3Cl)nc(Br)cn12. The zero-order valence-corrected chi connectivity index (χ0v) is 18.9. The molecule has 0 aliphatic rings. The van der Waals surface area contributed by atoms with Gasteiger partial charge in [-0.25, -0.2) is 9.97 Å². The Bertz CT molecular complexity index is 949. The minimum atomic E-state index is 0.566. The van der Waals surface area contributed by atoms with E-state index in [4.69, 9.17) is 28.2 Å². The van der Waals surface area contributed by atoms with Gasteiger partial charge in [0, 0.05) is 29.9 Å². The number of aryl methyl sites for hydroxylation is 1. The van der Waals surface area contributed by atoms with Crippen molar-refractivity contribution in [2.24, 2.45) is 0 Å². The molecule has 0 bridgehead atoms. The van der Waals surface area contributed by atoms with Crippen LogP contribution in [-0.2, 0) is 6.42 Å². The van der Waals surface area contributed by atoms with E-state index in [0.29, 0.717) is 10.0 Å². The van der Waals surface area contributed by atoms with Gasteiger partial charge in [0.2, 0.25) is 0 Å². The van der Waals surface area contributed by atoms with Crippen LogP contribution >= 0.6 is 39.1 Å². The van der Waals surface area contributed by atoms with E-state index in [9.17, 15) is 0 Å². The molecular weight excluding hydrogens is 447 g/mol. The number of benzene rings is 1. The molecule has 7 heteroatoms. The smallest absolute Gasteiger partial charge is 0.165 e. The van der Waals surface area contributed by atoms with Crippen molar-refractivity contribution < 1.29 is 0 Å². The van der Waals surface area contributed by atoms with Crippen molar-refractivity contribution in [3.8, 4) is 11.3 Å². The molecule has 0 saturated carbocycles. The summed E-state index contributed by atoms with van der Waals surface area (Å²) in [6.07, 6.45) is 5.01. The number of hydrogen-bond donors (Lipinski definition) is 0. The van der Waals surface area contributed by atoms with E-state index in [1.807, 2.05) is 18.3 Å². The van der Waals surface area contributed by atoms with Gasteiger partial charge in [0.15, 0.2) is 5.65 Å². The molecule has 3 rings (SSSR count). The van der Waals surface area contributed by atoms with Gasteiger partial charge >= 0.3 is 0 Å². The highest BCUT2D eigenvalue weighted by atomic mass is 79.9. The Labute approximate surface area is 178 Å². The first-order valence-electron chi connectivity index (χ1n) is 9.27. The molecule has 0 N–H and O–H groups in total. The topological polar surface area (TPSA) is 33.4 Å². The summed E-state index contributed by atoms with van der Waals surface area (Å²) >= 11 is 16.1. The fourth-order valence-electron chi connectivity index (χ4n) is 3.35. The van der Waals surface area contributed by atoms with Crippen molar-refractivity contribution in [2.75, 3.05) is 18.0 Å². The Morgan fingerprint density at radius 3 is 2.37 bits per heavy atom. The second-order valence-corrected chi connectivity index (χ2v) is 8.11. The van der Waals surface area contributed by atoms with E-state index in [1.165, 1.54) is 0 Å². The number of fused-ring (bicyclic) bond motifs is 1. The van der Waals surface area contributed by atoms with Crippen LogP contribution in [0.2, 0.25) is 10.0 Å². The second-order valence-electron chi connectivity index (χ2n) is 6.45. The first kappa shape index (κ1) is 20.4. The molecule has 27 heavy (non-hydrogen) atoms. The maximum Gasteiger partial charge on any atom is 0.165 e. The minimum Gasteiger partial charge on any atom is -0.356 e.